The maximum Gasteiger partial charge on any atom is 0.407 e. The number of carboxylic acids is 1. The number of carbonyl (C=O) groups excluding carboxylic acids is 2. The number of fused-ring (bicyclic) bond motifs is 3. The summed E-state index contributed by atoms with van der Waals surface area (Å²) < 4.78 is 19.1. The van der Waals surface area contributed by atoms with Gasteiger partial charge in [-0.25, -0.2) is 14.0 Å². The zero-order valence-corrected chi connectivity index (χ0v) is 18.2. The molecule has 8 heteroatoms. The molecule has 0 radical (unpaired) electrons. The van der Waals surface area contributed by atoms with Crippen molar-refractivity contribution in [3.8, 4) is 11.1 Å². The monoisotopic (exact) mass is 462 g/mol. The average molecular weight is 462 g/mol. The van der Waals surface area contributed by atoms with Crippen molar-refractivity contribution in [1.29, 1.82) is 0 Å². The van der Waals surface area contributed by atoms with Crippen LogP contribution in [0.2, 0.25) is 0 Å². The number of anilines is 1. The fourth-order valence-electron chi connectivity index (χ4n) is 4.08. The van der Waals surface area contributed by atoms with Gasteiger partial charge in [0.1, 0.15) is 12.4 Å². The molecule has 0 aromatic heterocycles. The maximum atomic E-state index is 13.7. The second kappa shape index (κ2) is 10.2. The van der Waals surface area contributed by atoms with E-state index in [-0.39, 0.29) is 37.1 Å². The van der Waals surface area contributed by atoms with Crippen LogP contribution in [0.1, 0.15) is 40.2 Å². The number of hydrogen-bond donors (Lipinski definition) is 3. The van der Waals surface area contributed by atoms with Crippen LogP contribution in [0.5, 0.6) is 0 Å². The Morgan fingerprint density at radius 3 is 2.21 bits per heavy atom. The fraction of sp³-hybridized carbons (Fsp3) is 0.192. The molecule has 0 bridgehead atoms. The van der Waals surface area contributed by atoms with Crippen LogP contribution in [0.25, 0.3) is 11.1 Å². The van der Waals surface area contributed by atoms with Crippen molar-refractivity contribution in [3.05, 3.63) is 89.2 Å². The summed E-state index contributed by atoms with van der Waals surface area (Å²) in [5, 5.41) is 14.0. The van der Waals surface area contributed by atoms with Gasteiger partial charge in [0, 0.05) is 24.6 Å². The van der Waals surface area contributed by atoms with Crippen LogP contribution in [-0.2, 0) is 9.53 Å². The number of aromatic carboxylic acids is 1. The summed E-state index contributed by atoms with van der Waals surface area (Å²) in [6.07, 6.45) is -0.119. The minimum Gasteiger partial charge on any atom is -0.478 e. The minimum absolute atomic E-state index is 0.0307. The van der Waals surface area contributed by atoms with E-state index in [1.54, 1.807) is 0 Å². The van der Waals surface area contributed by atoms with Gasteiger partial charge < -0.3 is 20.5 Å². The molecule has 1 aliphatic carbocycles. The lowest BCUT2D eigenvalue weighted by Crippen LogP contribution is -2.27. The number of nitrogens with one attached hydrogen (secondary N) is 2. The van der Waals surface area contributed by atoms with Crippen molar-refractivity contribution in [2.45, 2.75) is 18.8 Å². The number of carboxylic acid groups (broad SMARTS) is 1. The highest BCUT2D eigenvalue weighted by Gasteiger charge is 2.28. The zero-order chi connectivity index (χ0) is 24.1. The van der Waals surface area contributed by atoms with Gasteiger partial charge in [0.05, 0.1) is 5.56 Å². The first-order chi connectivity index (χ1) is 16.4. The molecule has 0 aliphatic heterocycles. The van der Waals surface area contributed by atoms with Gasteiger partial charge in [-0.05, 0) is 46.9 Å². The number of alkyl carbamates (subject to hydrolysis) is 1. The van der Waals surface area contributed by atoms with E-state index in [9.17, 15) is 18.8 Å². The van der Waals surface area contributed by atoms with E-state index >= 15 is 0 Å². The number of carbonyl (C=O) groups is 3. The van der Waals surface area contributed by atoms with Gasteiger partial charge in [0.2, 0.25) is 5.91 Å². The van der Waals surface area contributed by atoms with Crippen LogP contribution in [0.3, 0.4) is 0 Å². The summed E-state index contributed by atoms with van der Waals surface area (Å²) in [5.74, 6) is -2.72. The lowest BCUT2D eigenvalue weighted by Gasteiger charge is -2.14. The number of rotatable bonds is 8. The highest BCUT2D eigenvalue weighted by Crippen LogP contribution is 2.44. The molecule has 7 nitrogen and oxygen atoms in total. The number of ether oxygens (including phenoxy) is 1. The Balaban J connectivity index is 1.21. The van der Waals surface area contributed by atoms with Gasteiger partial charge in [0.25, 0.3) is 0 Å². The molecule has 0 spiro atoms. The second-order valence-electron chi connectivity index (χ2n) is 7.90. The first-order valence-electron chi connectivity index (χ1n) is 10.9. The molecule has 0 unspecified atom stereocenters. The number of halogens is 1. The zero-order valence-electron chi connectivity index (χ0n) is 18.2. The number of amides is 2. The summed E-state index contributed by atoms with van der Waals surface area (Å²) in [7, 11) is 0. The highest BCUT2D eigenvalue weighted by molar-refractivity contribution is 5.92. The molecule has 0 saturated heterocycles. The van der Waals surface area contributed by atoms with Gasteiger partial charge >= 0.3 is 12.1 Å². The SMILES string of the molecule is O=C(CCCNC(=O)OCC1c2ccccc2-c2ccccc21)Nc1ccc(C(=O)O)c(F)c1. The van der Waals surface area contributed by atoms with E-state index in [1.165, 1.54) is 6.07 Å². The Morgan fingerprint density at radius 2 is 1.59 bits per heavy atom. The van der Waals surface area contributed by atoms with Gasteiger partial charge in [-0.3, -0.25) is 4.79 Å². The van der Waals surface area contributed by atoms with Crippen LogP contribution < -0.4 is 10.6 Å². The topological polar surface area (TPSA) is 105 Å². The molecule has 174 valence electrons. The predicted molar refractivity (Wildman–Crippen MR) is 124 cm³/mol. The third kappa shape index (κ3) is 5.06. The molecule has 4 rings (SSSR count). The Labute approximate surface area is 195 Å². The van der Waals surface area contributed by atoms with E-state index in [4.69, 9.17) is 9.84 Å². The van der Waals surface area contributed by atoms with E-state index in [0.29, 0.717) is 6.42 Å². The first kappa shape index (κ1) is 23.0. The fourth-order valence-corrected chi connectivity index (χ4v) is 4.08. The first-order valence-corrected chi connectivity index (χ1v) is 10.9. The summed E-state index contributed by atoms with van der Waals surface area (Å²) in [4.78, 5) is 35.0. The van der Waals surface area contributed by atoms with Crippen LogP contribution in [0.15, 0.2) is 66.7 Å². The van der Waals surface area contributed by atoms with E-state index in [1.807, 2.05) is 36.4 Å². The molecule has 3 N–H and O–H groups in total. The van der Waals surface area contributed by atoms with Gasteiger partial charge in [0.15, 0.2) is 0 Å². The molecule has 0 saturated carbocycles. The van der Waals surface area contributed by atoms with Crippen molar-refractivity contribution in [1.82, 2.24) is 5.32 Å². The molecule has 0 heterocycles. The average Bonchev–Trinajstić information content (AvgIpc) is 3.14. The lowest BCUT2D eigenvalue weighted by atomic mass is 9.98. The molecule has 0 atom stereocenters. The van der Waals surface area contributed by atoms with Gasteiger partial charge in [-0.2, -0.15) is 0 Å². The van der Waals surface area contributed by atoms with E-state index in [0.717, 1.165) is 34.4 Å². The summed E-state index contributed by atoms with van der Waals surface area (Å²) >= 11 is 0. The third-order valence-corrected chi connectivity index (χ3v) is 5.68. The van der Waals surface area contributed by atoms with Crippen molar-refractivity contribution in [3.63, 3.8) is 0 Å². The summed E-state index contributed by atoms with van der Waals surface area (Å²) in [5.41, 5.74) is 4.25. The van der Waals surface area contributed by atoms with Crippen molar-refractivity contribution >= 4 is 23.7 Å². The molecule has 2 amide bonds. The largest absolute Gasteiger partial charge is 0.478 e. The summed E-state index contributed by atoms with van der Waals surface area (Å²) in [6.45, 7) is 0.439. The molecule has 1 aliphatic rings. The number of hydrogen-bond acceptors (Lipinski definition) is 4. The van der Waals surface area contributed by atoms with Gasteiger partial charge in [-0.1, -0.05) is 48.5 Å². The molecular weight excluding hydrogens is 439 g/mol. The normalized spacial score (nSPS) is 11.9. The van der Waals surface area contributed by atoms with Crippen LogP contribution >= 0.6 is 0 Å². The van der Waals surface area contributed by atoms with Crippen LogP contribution in [-0.4, -0.2) is 36.2 Å². The Bertz CT molecular complexity index is 1200. The standard InChI is InChI=1S/C26H23FN2O5/c27-23-14-16(11-12-21(23)25(31)32)29-24(30)10-5-13-28-26(33)34-15-22-19-8-3-1-6-17(19)18-7-2-4-9-20(18)22/h1-4,6-9,11-12,14,22H,5,10,13,15H2,(H,28,33)(H,29,30)(H,31,32). The van der Waals surface area contributed by atoms with E-state index in [2.05, 4.69) is 22.8 Å². The lowest BCUT2D eigenvalue weighted by molar-refractivity contribution is -0.116. The quantitative estimate of drug-likeness (QED) is 0.418. The van der Waals surface area contributed by atoms with E-state index < -0.39 is 23.4 Å². The Hall–Kier alpha value is -4.20. The second-order valence-corrected chi connectivity index (χ2v) is 7.90. The predicted octanol–water partition coefficient (Wildman–Crippen LogP) is 4.78. The van der Waals surface area contributed by atoms with Crippen molar-refractivity contribution in [2.24, 2.45) is 0 Å². The van der Waals surface area contributed by atoms with Crippen molar-refractivity contribution < 1.29 is 28.6 Å². The van der Waals surface area contributed by atoms with Gasteiger partial charge in [-0.15, -0.1) is 0 Å². The molecule has 34 heavy (non-hydrogen) atoms. The molecule has 0 fully saturated rings. The minimum atomic E-state index is -1.38. The Morgan fingerprint density at radius 1 is 0.941 bits per heavy atom. The van der Waals surface area contributed by atoms with Crippen LogP contribution in [0, 0.1) is 5.82 Å². The molecule has 3 aromatic rings. The Kier molecular flexibility index (Phi) is 6.87. The molecule has 3 aromatic carbocycles. The third-order valence-electron chi connectivity index (χ3n) is 5.68. The number of benzene rings is 3. The maximum absolute atomic E-state index is 13.7. The smallest absolute Gasteiger partial charge is 0.407 e. The highest BCUT2D eigenvalue weighted by atomic mass is 19.1. The summed E-state index contributed by atoms with van der Waals surface area (Å²) in [6, 6.07) is 19.5. The van der Waals surface area contributed by atoms with Crippen LogP contribution in [0.4, 0.5) is 14.9 Å². The molecular formula is C26H23FN2O5. The van der Waals surface area contributed by atoms with Crippen molar-refractivity contribution in [2.75, 3.05) is 18.5 Å².